The molecule has 4 aromatic rings. The zero-order valence-corrected chi connectivity index (χ0v) is 37.3. The van der Waals surface area contributed by atoms with Gasteiger partial charge in [0, 0.05) is 80.7 Å². The Morgan fingerprint density at radius 3 is 1.31 bits per heavy atom. The summed E-state index contributed by atoms with van der Waals surface area (Å²) >= 11 is 0. The van der Waals surface area contributed by atoms with E-state index in [1.165, 1.54) is 19.2 Å². The van der Waals surface area contributed by atoms with Crippen LogP contribution < -0.4 is 42.2 Å². The molecule has 0 bridgehead atoms. The number of fused-ring (bicyclic) bond motifs is 2. The molecule has 4 N–H and O–H groups in total. The third-order valence-corrected chi connectivity index (χ3v) is 9.55. The minimum absolute atomic E-state index is 0.0384. The molecule has 0 aliphatic carbocycles. The number of nitrogens with zero attached hydrogens (tertiary/aromatic N) is 1. The van der Waals surface area contributed by atoms with Crippen molar-refractivity contribution in [3.8, 4) is 5.75 Å². The fraction of sp³-hybridized carbons (Fsp3) is 0.511. The predicted molar refractivity (Wildman–Crippen MR) is 240 cm³/mol. The number of hydrogen-bond acceptors (Lipinski definition) is 16. The lowest BCUT2D eigenvalue weighted by molar-refractivity contribution is -0.126. The van der Waals surface area contributed by atoms with Crippen LogP contribution in [0.1, 0.15) is 47.4 Å². The van der Waals surface area contributed by atoms with E-state index in [-0.39, 0.29) is 81.8 Å². The van der Waals surface area contributed by atoms with Crippen LogP contribution in [0.25, 0.3) is 21.9 Å². The van der Waals surface area contributed by atoms with Crippen molar-refractivity contribution in [1.82, 2.24) is 21.3 Å². The number of rotatable bonds is 33. The van der Waals surface area contributed by atoms with Crippen LogP contribution in [-0.4, -0.2) is 149 Å². The van der Waals surface area contributed by atoms with Crippen LogP contribution in [-0.2, 0) is 38.0 Å². The van der Waals surface area contributed by atoms with Crippen molar-refractivity contribution in [3.63, 3.8) is 0 Å². The summed E-state index contributed by atoms with van der Waals surface area (Å²) in [5.41, 5.74) is 0.0737. The minimum Gasteiger partial charge on any atom is -0.497 e. The Kier molecular flexibility index (Phi) is 23.5. The van der Waals surface area contributed by atoms with Gasteiger partial charge in [-0.25, -0.2) is 9.59 Å². The molecule has 0 saturated heterocycles. The molecule has 65 heavy (non-hydrogen) atoms. The highest BCUT2D eigenvalue weighted by molar-refractivity contribution is 5.97. The van der Waals surface area contributed by atoms with Crippen LogP contribution in [0, 0.1) is 0 Å². The average Bonchev–Trinajstić information content (AvgIpc) is 3.30. The highest BCUT2D eigenvalue weighted by Gasteiger charge is 2.16. The van der Waals surface area contributed by atoms with Gasteiger partial charge in [0.15, 0.2) is 0 Å². The Labute approximate surface area is 376 Å². The van der Waals surface area contributed by atoms with Crippen LogP contribution in [0.4, 0.5) is 5.69 Å². The van der Waals surface area contributed by atoms with Crippen molar-refractivity contribution < 1.29 is 61.2 Å². The number of methoxy groups -OCH3 is 1. The van der Waals surface area contributed by atoms with Gasteiger partial charge in [0.2, 0.25) is 11.8 Å². The Morgan fingerprint density at radius 2 is 0.892 bits per heavy atom. The van der Waals surface area contributed by atoms with Gasteiger partial charge >= 0.3 is 11.3 Å². The largest absolute Gasteiger partial charge is 0.497 e. The third-order valence-electron chi connectivity index (χ3n) is 9.55. The maximum absolute atomic E-state index is 12.6. The molecule has 2 aromatic heterocycles. The summed E-state index contributed by atoms with van der Waals surface area (Å²) in [6.07, 6.45) is 0.0770. The molecule has 4 rings (SSSR count). The van der Waals surface area contributed by atoms with Gasteiger partial charge in [0.05, 0.1) is 86.4 Å². The van der Waals surface area contributed by atoms with Crippen molar-refractivity contribution >= 4 is 51.3 Å². The molecule has 0 aliphatic rings. The number of ether oxygens (including phenoxy) is 7. The number of carbonyl (C=O) groups excluding carboxylic acids is 4. The second kappa shape index (κ2) is 29.5. The van der Waals surface area contributed by atoms with Crippen molar-refractivity contribution in [2.75, 3.05) is 131 Å². The molecule has 2 heterocycles. The number of anilines is 1. The summed E-state index contributed by atoms with van der Waals surface area (Å²) in [6.45, 7) is 10.2. The summed E-state index contributed by atoms with van der Waals surface area (Å²) in [5.74, 6) is -1.09. The van der Waals surface area contributed by atoms with Gasteiger partial charge in [-0.3, -0.25) is 19.2 Å². The number of amides is 4. The standard InChI is InChI=1S/C45H61N5O15/c1-4-50(5-2)34-8-6-32-28-36(44(55)64-38(32)30-34)42(53)48-14-18-60-22-26-62-24-20-58-16-12-46-40(51)10-11-41(52)47-13-17-59-21-25-63-27-23-61-19-15-49-43(54)37-29-33-7-9-35(57-3)31-39(33)65-45(37)56/h6-9,28-31H,4-5,10-27H2,1-3H3,(H,46,51)(H,47,52)(H,48,53)(H,49,54). The highest BCUT2D eigenvalue weighted by Crippen LogP contribution is 2.22. The van der Waals surface area contributed by atoms with Crippen molar-refractivity contribution in [3.05, 3.63) is 80.5 Å². The molecule has 20 heteroatoms. The Hall–Kier alpha value is -5.90. The van der Waals surface area contributed by atoms with Crippen molar-refractivity contribution in [2.45, 2.75) is 26.7 Å². The molecular formula is C45H61N5O15. The zero-order chi connectivity index (χ0) is 46.7. The molecule has 4 amide bonds. The fourth-order valence-corrected chi connectivity index (χ4v) is 6.10. The first-order valence-corrected chi connectivity index (χ1v) is 21.6. The summed E-state index contributed by atoms with van der Waals surface area (Å²) in [7, 11) is 1.50. The van der Waals surface area contributed by atoms with Crippen LogP contribution in [0.2, 0.25) is 0 Å². The Balaban J connectivity index is 0.871. The van der Waals surface area contributed by atoms with Crippen LogP contribution >= 0.6 is 0 Å². The van der Waals surface area contributed by atoms with E-state index in [9.17, 15) is 28.8 Å². The summed E-state index contributed by atoms with van der Waals surface area (Å²) in [6, 6.07) is 13.6. The molecule has 2 aromatic carbocycles. The molecule has 0 radical (unpaired) electrons. The van der Waals surface area contributed by atoms with E-state index in [1.807, 2.05) is 26.0 Å². The lowest BCUT2D eigenvalue weighted by Gasteiger charge is -2.21. The maximum atomic E-state index is 12.6. The second-order valence-corrected chi connectivity index (χ2v) is 14.1. The third kappa shape index (κ3) is 18.6. The molecule has 20 nitrogen and oxygen atoms in total. The first kappa shape index (κ1) is 51.7. The zero-order valence-electron chi connectivity index (χ0n) is 37.3. The van der Waals surface area contributed by atoms with Crippen LogP contribution in [0.5, 0.6) is 5.75 Å². The predicted octanol–water partition coefficient (Wildman–Crippen LogP) is 2.03. The van der Waals surface area contributed by atoms with Gasteiger partial charge in [0.1, 0.15) is 28.0 Å². The summed E-state index contributed by atoms with van der Waals surface area (Å²) in [4.78, 5) is 76.0. The van der Waals surface area contributed by atoms with Gasteiger partial charge in [-0.2, -0.15) is 0 Å². The number of benzene rings is 2. The first-order valence-electron chi connectivity index (χ1n) is 21.6. The molecule has 0 atom stereocenters. The highest BCUT2D eigenvalue weighted by atomic mass is 16.5. The average molecular weight is 912 g/mol. The Morgan fingerprint density at radius 1 is 0.508 bits per heavy atom. The monoisotopic (exact) mass is 911 g/mol. The van der Waals surface area contributed by atoms with Gasteiger partial charge in [-0.05, 0) is 50.2 Å². The van der Waals surface area contributed by atoms with E-state index in [0.717, 1.165) is 18.8 Å². The van der Waals surface area contributed by atoms with Gasteiger partial charge in [0.25, 0.3) is 11.8 Å². The van der Waals surface area contributed by atoms with E-state index in [0.29, 0.717) is 87.1 Å². The normalized spacial score (nSPS) is 11.1. The quantitative estimate of drug-likeness (QED) is 0.0395. The van der Waals surface area contributed by atoms with E-state index in [4.69, 9.17) is 42.0 Å². The maximum Gasteiger partial charge on any atom is 0.349 e. The number of nitrogens with one attached hydrogen (secondary N) is 4. The first-order chi connectivity index (χ1) is 31.6. The number of carbonyl (C=O) groups is 4. The smallest absolute Gasteiger partial charge is 0.349 e. The van der Waals surface area contributed by atoms with E-state index < -0.39 is 23.1 Å². The topological polar surface area (TPSA) is 245 Å². The van der Waals surface area contributed by atoms with Gasteiger partial charge in [-0.15, -0.1) is 0 Å². The minimum atomic E-state index is -0.745. The summed E-state index contributed by atoms with van der Waals surface area (Å²) < 4.78 is 48.5. The number of hydrogen-bond donors (Lipinski definition) is 4. The molecule has 356 valence electrons. The van der Waals surface area contributed by atoms with Crippen molar-refractivity contribution in [1.29, 1.82) is 0 Å². The molecule has 0 spiro atoms. The van der Waals surface area contributed by atoms with E-state index in [1.54, 1.807) is 24.3 Å². The molecule has 0 aliphatic heterocycles. The lowest BCUT2D eigenvalue weighted by atomic mass is 10.1. The fourth-order valence-electron chi connectivity index (χ4n) is 6.10. The lowest BCUT2D eigenvalue weighted by Crippen LogP contribution is -2.31. The van der Waals surface area contributed by atoms with Gasteiger partial charge in [-0.1, -0.05) is 0 Å². The SMILES string of the molecule is CCN(CC)c1ccc2cc(C(=O)NCCOCCOCCOCCNC(=O)CCC(=O)NCCOCCOCCOCCNC(=O)c3cc4ccc(OC)cc4oc3=O)c(=O)oc2c1. The molecule has 0 fully saturated rings. The van der Waals surface area contributed by atoms with Crippen LogP contribution in [0.3, 0.4) is 0 Å². The Bertz CT molecular complexity index is 2230. The summed E-state index contributed by atoms with van der Waals surface area (Å²) in [5, 5.41) is 12.0. The molecule has 0 unspecified atom stereocenters. The van der Waals surface area contributed by atoms with Gasteiger partial charge < -0.3 is 68.2 Å². The molecule has 0 saturated carbocycles. The molecular weight excluding hydrogens is 851 g/mol. The second-order valence-electron chi connectivity index (χ2n) is 14.1. The van der Waals surface area contributed by atoms with Crippen molar-refractivity contribution in [2.24, 2.45) is 0 Å². The van der Waals surface area contributed by atoms with Crippen LogP contribution in [0.15, 0.2) is 67.0 Å². The van der Waals surface area contributed by atoms with E-state index >= 15 is 0 Å². The van der Waals surface area contributed by atoms with E-state index in [2.05, 4.69) is 26.2 Å².